The van der Waals surface area contributed by atoms with Crippen LogP contribution in [0.25, 0.3) is 33.2 Å². The van der Waals surface area contributed by atoms with Crippen molar-refractivity contribution in [3.63, 3.8) is 0 Å². The van der Waals surface area contributed by atoms with Crippen LogP contribution >= 0.6 is 0 Å². The van der Waals surface area contributed by atoms with Crippen LogP contribution in [0.4, 0.5) is 0 Å². The van der Waals surface area contributed by atoms with E-state index in [1.165, 1.54) is 6.07 Å². The molecule has 3 aromatic carbocycles. The highest BCUT2D eigenvalue weighted by Crippen LogP contribution is 2.43. The molecule has 0 atom stereocenters. The Labute approximate surface area is 259 Å². The summed E-state index contributed by atoms with van der Waals surface area (Å²) in [6, 6.07) is 18.7. The minimum atomic E-state index is -1.24. The number of fused-ring (bicyclic) bond motifs is 2. The molecule has 45 heavy (non-hydrogen) atoms. The van der Waals surface area contributed by atoms with Crippen LogP contribution in [-0.2, 0) is 7.05 Å². The van der Waals surface area contributed by atoms with Gasteiger partial charge in [0.1, 0.15) is 11.4 Å². The van der Waals surface area contributed by atoms with E-state index in [0.717, 1.165) is 46.0 Å². The summed E-state index contributed by atoms with van der Waals surface area (Å²) < 4.78 is 10.5. The smallest absolute Gasteiger partial charge is 0.253 e. The number of rotatable bonds is 5. The Hall–Kier alpha value is -5.18. The molecule has 9 nitrogen and oxygen atoms in total. The maximum Gasteiger partial charge on any atom is 0.253 e. The number of carboxylic acids is 1. The zero-order valence-electron chi connectivity index (χ0n) is 24.9. The number of likely N-dealkylation sites (tertiary alicyclic amines) is 1. The Bertz CT molecular complexity index is 2030. The molecule has 0 unspecified atom stereocenters. The average molecular weight is 600 g/mol. The van der Waals surface area contributed by atoms with Crippen molar-refractivity contribution < 1.29 is 24.2 Å². The van der Waals surface area contributed by atoms with Gasteiger partial charge in [0.05, 0.1) is 24.2 Å². The average Bonchev–Trinajstić information content (AvgIpc) is 3.65. The van der Waals surface area contributed by atoms with Crippen LogP contribution in [0.3, 0.4) is 0 Å². The highest BCUT2D eigenvalue weighted by molar-refractivity contribution is 6.05. The molecule has 2 fully saturated rings. The monoisotopic (exact) mass is 599 g/mol. The van der Waals surface area contributed by atoms with Gasteiger partial charge in [-0.1, -0.05) is 24.3 Å². The highest BCUT2D eigenvalue weighted by Gasteiger charge is 2.44. The molecule has 1 spiro atoms. The second-order valence-electron chi connectivity index (χ2n) is 12.6. The molecule has 1 amide bonds. The summed E-state index contributed by atoms with van der Waals surface area (Å²) in [5.74, 6) is -0.681. The van der Waals surface area contributed by atoms with Gasteiger partial charge in [0.25, 0.3) is 5.91 Å². The summed E-state index contributed by atoms with van der Waals surface area (Å²) in [4.78, 5) is 40.9. The summed E-state index contributed by atoms with van der Waals surface area (Å²) in [5.41, 5.74) is 4.97. The maximum absolute atomic E-state index is 14.0. The number of piperidine rings is 1. The Morgan fingerprint density at radius 3 is 2.49 bits per heavy atom. The number of benzene rings is 3. The second kappa shape index (κ2) is 10.2. The third kappa shape index (κ3) is 4.79. The first-order chi connectivity index (χ1) is 21.8. The standard InChI is InChI=1S/C36H32N4O5/c1-38-21-26(20-37-38)22-5-8-33-30(16-22)32(41)19-36(45-33)10-13-39(14-11-36)34(42)25-17-29(23-3-2-4-24(15-23)35(43)44)28-9-12-40(27-6-7-27)31(28)18-25/h2-5,8-9,12,15-18,20-21,27H,6-7,10-11,13-14,19H2,1H3,(H,43,44)/p-1. The molecule has 0 bridgehead atoms. The molecule has 2 aliphatic heterocycles. The van der Waals surface area contributed by atoms with E-state index >= 15 is 0 Å². The number of carbonyl (C=O) groups is 3. The number of amides is 1. The van der Waals surface area contributed by atoms with Gasteiger partial charge in [-0.15, -0.1) is 0 Å². The number of aromatic carboxylic acids is 1. The molecule has 1 aliphatic carbocycles. The maximum atomic E-state index is 14.0. The zero-order valence-corrected chi connectivity index (χ0v) is 24.9. The third-order valence-electron chi connectivity index (χ3n) is 9.52. The molecule has 1 saturated carbocycles. The summed E-state index contributed by atoms with van der Waals surface area (Å²) in [6.45, 7) is 0.929. The first-order valence-corrected chi connectivity index (χ1v) is 15.4. The number of carbonyl (C=O) groups excluding carboxylic acids is 3. The van der Waals surface area contributed by atoms with Gasteiger partial charge in [0.2, 0.25) is 0 Å². The number of Topliss-reactive ketones (excluding diaryl/α,β-unsaturated/α-hetero) is 1. The number of nitrogens with zero attached hydrogens (tertiary/aromatic N) is 4. The number of hydrogen-bond donors (Lipinski definition) is 0. The summed E-state index contributed by atoms with van der Waals surface area (Å²) in [5, 5.41) is 16.8. The lowest BCUT2D eigenvalue weighted by atomic mass is 9.82. The van der Waals surface area contributed by atoms with Crippen LogP contribution < -0.4 is 9.84 Å². The van der Waals surface area contributed by atoms with E-state index in [1.807, 2.05) is 60.6 Å². The van der Waals surface area contributed by atoms with Gasteiger partial charge in [0, 0.05) is 73.4 Å². The lowest BCUT2D eigenvalue weighted by molar-refractivity contribution is -0.255. The van der Waals surface area contributed by atoms with Gasteiger partial charge in [0.15, 0.2) is 5.78 Å². The number of carboxylic acid groups (broad SMARTS) is 1. The quantitative estimate of drug-likeness (QED) is 0.280. The predicted octanol–water partition coefficient (Wildman–Crippen LogP) is 5.05. The van der Waals surface area contributed by atoms with Crippen LogP contribution in [0.15, 0.2) is 79.3 Å². The van der Waals surface area contributed by atoms with Crippen molar-refractivity contribution in [2.75, 3.05) is 13.1 Å². The zero-order chi connectivity index (χ0) is 30.9. The molecule has 0 radical (unpaired) electrons. The number of aryl methyl sites for hydroxylation is 1. The van der Waals surface area contributed by atoms with E-state index in [-0.39, 0.29) is 23.7 Å². The van der Waals surface area contributed by atoms with E-state index in [1.54, 1.807) is 23.0 Å². The molecular formula is C36H31N4O5-. The molecule has 226 valence electrons. The van der Waals surface area contributed by atoms with E-state index < -0.39 is 11.6 Å². The Kier molecular flexibility index (Phi) is 6.20. The van der Waals surface area contributed by atoms with Crippen molar-refractivity contribution in [1.29, 1.82) is 0 Å². The Morgan fingerprint density at radius 1 is 0.933 bits per heavy atom. The number of hydrogen-bond acceptors (Lipinski definition) is 6. The molecular weight excluding hydrogens is 568 g/mol. The first-order valence-electron chi connectivity index (χ1n) is 15.4. The summed E-state index contributed by atoms with van der Waals surface area (Å²) in [6.07, 6.45) is 9.32. The van der Waals surface area contributed by atoms with E-state index in [9.17, 15) is 19.5 Å². The highest BCUT2D eigenvalue weighted by atomic mass is 16.5. The van der Waals surface area contributed by atoms with Gasteiger partial charge in [-0.25, -0.2) is 0 Å². The molecule has 4 heterocycles. The van der Waals surface area contributed by atoms with Crippen LogP contribution in [0.5, 0.6) is 5.75 Å². The lowest BCUT2D eigenvalue weighted by Crippen LogP contribution is -2.52. The van der Waals surface area contributed by atoms with Gasteiger partial charge in [-0.05, 0) is 71.5 Å². The van der Waals surface area contributed by atoms with Crippen molar-refractivity contribution >= 4 is 28.6 Å². The summed E-state index contributed by atoms with van der Waals surface area (Å²) in [7, 11) is 1.86. The van der Waals surface area contributed by atoms with Crippen LogP contribution in [-0.4, -0.2) is 55.6 Å². The Morgan fingerprint density at radius 2 is 1.76 bits per heavy atom. The molecule has 0 N–H and O–H groups in total. The fraction of sp³-hybridized carbons (Fsp3) is 0.278. The van der Waals surface area contributed by atoms with Crippen LogP contribution in [0, 0.1) is 0 Å². The van der Waals surface area contributed by atoms with Gasteiger partial charge in [-0.2, -0.15) is 5.10 Å². The second-order valence-corrected chi connectivity index (χ2v) is 12.6. The predicted molar refractivity (Wildman–Crippen MR) is 166 cm³/mol. The largest absolute Gasteiger partial charge is 0.545 e. The van der Waals surface area contributed by atoms with Crippen molar-refractivity contribution in [2.24, 2.45) is 7.05 Å². The van der Waals surface area contributed by atoms with E-state index in [4.69, 9.17) is 4.74 Å². The SMILES string of the molecule is Cn1cc(-c2ccc3c(c2)C(=O)CC2(CCN(C(=O)c4cc(-c5cccc(C(=O)[O-])c5)c5ccn(C6CC6)c5c4)CC2)O3)cn1. The van der Waals surface area contributed by atoms with E-state index in [0.29, 0.717) is 48.8 Å². The molecule has 5 aromatic rings. The number of aromatic nitrogens is 3. The van der Waals surface area contributed by atoms with Crippen molar-refractivity contribution in [3.05, 3.63) is 95.9 Å². The molecule has 9 heteroatoms. The van der Waals surface area contributed by atoms with E-state index in [2.05, 4.69) is 15.9 Å². The topological polar surface area (TPSA) is 109 Å². The van der Waals surface area contributed by atoms with Crippen molar-refractivity contribution in [1.82, 2.24) is 19.2 Å². The number of ketones is 1. The third-order valence-corrected chi connectivity index (χ3v) is 9.52. The van der Waals surface area contributed by atoms with Crippen molar-refractivity contribution in [3.8, 4) is 28.0 Å². The molecule has 3 aliphatic rings. The molecule has 8 rings (SSSR count). The summed E-state index contributed by atoms with van der Waals surface area (Å²) >= 11 is 0. The molecule has 1 saturated heterocycles. The van der Waals surface area contributed by atoms with Gasteiger partial charge in [-0.3, -0.25) is 14.3 Å². The minimum Gasteiger partial charge on any atom is -0.545 e. The lowest BCUT2D eigenvalue weighted by Gasteiger charge is -2.44. The molecule has 2 aromatic heterocycles. The van der Waals surface area contributed by atoms with Crippen LogP contribution in [0.1, 0.15) is 69.2 Å². The van der Waals surface area contributed by atoms with Gasteiger partial charge < -0.3 is 24.1 Å². The first kappa shape index (κ1) is 27.4. The fourth-order valence-electron chi connectivity index (χ4n) is 6.93. The van der Waals surface area contributed by atoms with Gasteiger partial charge >= 0.3 is 0 Å². The van der Waals surface area contributed by atoms with Crippen LogP contribution in [0.2, 0.25) is 0 Å². The number of ether oxygens (including phenoxy) is 1. The minimum absolute atomic E-state index is 0.0523. The normalized spacial score (nSPS) is 17.4. The fourth-order valence-corrected chi connectivity index (χ4v) is 6.93. The van der Waals surface area contributed by atoms with Crippen molar-refractivity contribution in [2.45, 2.75) is 43.7 Å². The Balaban J connectivity index is 1.06.